The van der Waals surface area contributed by atoms with Crippen LogP contribution in [0.15, 0.2) is 36.4 Å². The van der Waals surface area contributed by atoms with Crippen LogP contribution in [0, 0.1) is 0 Å². The summed E-state index contributed by atoms with van der Waals surface area (Å²) in [5.41, 5.74) is 2.55. The summed E-state index contributed by atoms with van der Waals surface area (Å²) in [6.45, 7) is 0. The number of ether oxygens (including phenoxy) is 5. The molecular weight excluding hydrogens is 392 g/mol. The Morgan fingerprint density at radius 2 is 1.45 bits per heavy atom. The smallest absolute Gasteiger partial charge is 0.203 e. The van der Waals surface area contributed by atoms with Crippen LogP contribution >= 0.6 is 12.2 Å². The maximum Gasteiger partial charge on any atom is 0.203 e. The van der Waals surface area contributed by atoms with Crippen molar-refractivity contribution < 1.29 is 23.7 Å². The number of thiocarbonyl (C=S) groups is 1. The molecule has 1 aliphatic rings. The normalized spacial score (nSPS) is 15.6. The van der Waals surface area contributed by atoms with E-state index in [0.717, 1.165) is 22.6 Å². The molecule has 0 spiro atoms. The molecule has 0 radical (unpaired) electrons. The second-order valence-corrected chi connectivity index (χ2v) is 6.59. The second kappa shape index (κ2) is 8.91. The Morgan fingerprint density at radius 1 is 0.793 bits per heavy atom. The predicted molar refractivity (Wildman–Crippen MR) is 115 cm³/mol. The number of methoxy groups -OCH3 is 5. The van der Waals surface area contributed by atoms with Gasteiger partial charge in [-0.25, -0.2) is 0 Å². The lowest BCUT2D eigenvalue weighted by atomic mass is 10.00. The molecule has 3 rings (SSSR count). The quantitative estimate of drug-likeness (QED) is 0.667. The minimum absolute atomic E-state index is 0.219. The van der Waals surface area contributed by atoms with Crippen LogP contribution in [0.4, 0.5) is 0 Å². The van der Waals surface area contributed by atoms with Crippen LogP contribution in [-0.2, 0) is 0 Å². The summed E-state index contributed by atoms with van der Waals surface area (Å²) < 4.78 is 27.3. The van der Waals surface area contributed by atoms with Gasteiger partial charge in [0.15, 0.2) is 16.6 Å². The van der Waals surface area contributed by atoms with Gasteiger partial charge in [-0.2, -0.15) is 0 Å². The van der Waals surface area contributed by atoms with Gasteiger partial charge in [-0.05, 0) is 54.2 Å². The van der Waals surface area contributed by atoms with Gasteiger partial charge in [-0.15, -0.1) is 0 Å². The van der Waals surface area contributed by atoms with Gasteiger partial charge in [-0.1, -0.05) is 0 Å². The van der Waals surface area contributed by atoms with Crippen LogP contribution in [0.3, 0.4) is 0 Å². The molecule has 0 aromatic heterocycles. The summed E-state index contributed by atoms with van der Waals surface area (Å²) in [7, 11) is 8.00. The van der Waals surface area contributed by atoms with Crippen LogP contribution in [0.2, 0.25) is 0 Å². The number of hydrogen-bond donors (Lipinski definition) is 2. The standard InChI is InChI=1S/C21H24N2O5S/c1-24-13-6-7-17(25-2)14(10-13)16-11-15(22-21(29)23-16)12-8-18(26-3)20(28-5)19(9-12)27-4/h6-11,15H,1-5H3,(H2,22,23,29). The van der Waals surface area contributed by atoms with E-state index in [1.165, 1.54) is 0 Å². The fourth-order valence-corrected chi connectivity index (χ4v) is 3.43. The molecule has 0 bridgehead atoms. The molecule has 29 heavy (non-hydrogen) atoms. The SMILES string of the molecule is COc1ccc(OC)c(C2=CC(c3cc(OC)c(OC)c(OC)c3)NC(=S)N2)c1. The molecule has 0 saturated carbocycles. The Kier molecular flexibility index (Phi) is 6.33. The lowest BCUT2D eigenvalue weighted by molar-refractivity contribution is 0.323. The van der Waals surface area contributed by atoms with Crippen LogP contribution in [0.25, 0.3) is 5.70 Å². The Bertz CT molecular complexity index is 920. The van der Waals surface area contributed by atoms with Gasteiger partial charge in [0, 0.05) is 11.3 Å². The third-order valence-corrected chi connectivity index (χ3v) is 4.83. The average Bonchev–Trinajstić information content (AvgIpc) is 2.76. The van der Waals surface area contributed by atoms with Crippen LogP contribution in [-0.4, -0.2) is 40.7 Å². The van der Waals surface area contributed by atoms with Crippen molar-refractivity contribution in [1.29, 1.82) is 0 Å². The summed E-state index contributed by atoms with van der Waals surface area (Å²) in [5, 5.41) is 6.95. The molecular formula is C21H24N2O5S. The molecule has 7 nitrogen and oxygen atoms in total. The summed E-state index contributed by atoms with van der Waals surface area (Å²) in [6, 6.07) is 9.17. The second-order valence-electron chi connectivity index (χ2n) is 6.18. The van der Waals surface area contributed by atoms with Gasteiger partial charge in [0.25, 0.3) is 0 Å². The first kappa shape index (κ1) is 20.6. The highest BCUT2D eigenvalue weighted by Gasteiger charge is 2.24. The van der Waals surface area contributed by atoms with E-state index in [4.69, 9.17) is 35.9 Å². The van der Waals surface area contributed by atoms with Gasteiger partial charge >= 0.3 is 0 Å². The predicted octanol–water partition coefficient (Wildman–Crippen LogP) is 3.29. The molecule has 2 N–H and O–H groups in total. The Hall–Kier alpha value is -3.13. The Morgan fingerprint density at radius 3 is 2.00 bits per heavy atom. The van der Waals surface area contributed by atoms with Gasteiger partial charge < -0.3 is 34.3 Å². The highest BCUT2D eigenvalue weighted by molar-refractivity contribution is 7.80. The zero-order chi connectivity index (χ0) is 21.0. The number of rotatable bonds is 7. The first-order valence-electron chi connectivity index (χ1n) is 8.86. The molecule has 0 fully saturated rings. The largest absolute Gasteiger partial charge is 0.497 e. The van der Waals surface area contributed by atoms with Crippen LogP contribution < -0.4 is 34.3 Å². The molecule has 0 amide bonds. The third kappa shape index (κ3) is 4.17. The lowest BCUT2D eigenvalue weighted by Crippen LogP contribution is -2.40. The molecule has 8 heteroatoms. The van der Waals surface area contributed by atoms with E-state index in [2.05, 4.69) is 10.6 Å². The lowest BCUT2D eigenvalue weighted by Gasteiger charge is -2.28. The van der Waals surface area contributed by atoms with Crippen molar-refractivity contribution in [1.82, 2.24) is 10.6 Å². The average molecular weight is 416 g/mol. The van der Waals surface area contributed by atoms with E-state index in [0.29, 0.717) is 28.1 Å². The monoisotopic (exact) mass is 416 g/mol. The van der Waals surface area contributed by atoms with Gasteiger partial charge in [-0.3, -0.25) is 0 Å². The van der Waals surface area contributed by atoms with Gasteiger partial charge in [0.1, 0.15) is 11.5 Å². The summed E-state index contributed by atoms with van der Waals surface area (Å²) in [6.07, 6.45) is 2.02. The zero-order valence-electron chi connectivity index (χ0n) is 17.0. The minimum atomic E-state index is -0.219. The van der Waals surface area contributed by atoms with Crippen molar-refractivity contribution in [3.63, 3.8) is 0 Å². The van der Waals surface area contributed by atoms with E-state index in [1.54, 1.807) is 35.5 Å². The number of hydrogen-bond acceptors (Lipinski definition) is 6. The topological polar surface area (TPSA) is 70.2 Å². The van der Waals surface area contributed by atoms with Crippen molar-refractivity contribution in [3.8, 4) is 28.7 Å². The van der Waals surface area contributed by atoms with Crippen molar-refractivity contribution >= 4 is 23.0 Å². The first-order chi connectivity index (χ1) is 14.0. The first-order valence-corrected chi connectivity index (χ1v) is 9.27. The maximum atomic E-state index is 5.52. The molecule has 0 aliphatic carbocycles. The molecule has 0 saturated heterocycles. The molecule has 2 aromatic carbocycles. The van der Waals surface area contributed by atoms with Crippen molar-refractivity contribution in [2.24, 2.45) is 0 Å². The van der Waals surface area contributed by atoms with E-state index in [-0.39, 0.29) is 6.04 Å². The fraction of sp³-hybridized carbons (Fsp3) is 0.286. The van der Waals surface area contributed by atoms with Crippen LogP contribution in [0.5, 0.6) is 28.7 Å². The van der Waals surface area contributed by atoms with E-state index in [1.807, 2.05) is 36.4 Å². The molecule has 1 atom stereocenters. The fourth-order valence-electron chi connectivity index (χ4n) is 3.19. The molecule has 1 heterocycles. The highest BCUT2D eigenvalue weighted by atomic mass is 32.1. The summed E-state index contributed by atoms with van der Waals surface area (Å²) in [4.78, 5) is 0. The van der Waals surface area contributed by atoms with E-state index < -0.39 is 0 Å². The highest BCUT2D eigenvalue weighted by Crippen LogP contribution is 2.41. The summed E-state index contributed by atoms with van der Waals surface area (Å²) in [5.74, 6) is 3.10. The maximum absolute atomic E-state index is 5.52. The Balaban J connectivity index is 2.09. The van der Waals surface area contributed by atoms with E-state index in [9.17, 15) is 0 Å². The molecule has 1 unspecified atom stereocenters. The van der Waals surface area contributed by atoms with Crippen molar-refractivity contribution in [3.05, 3.63) is 47.5 Å². The number of nitrogens with one attached hydrogen (secondary N) is 2. The van der Waals surface area contributed by atoms with Gasteiger partial charge in [0.05, 0.1) is 41.6 Å². The molecule has 154 valence electrons. The van der Waals surface area contributed by atoms with E-state index >= 15 is 0 Å². The van der Waals surface area contributed by atoms with Gasteiger partial charge in [0.2, 0.25) is 5.75 Å². The summed E-state index contributed by atoms with van der Waals surface area (Å²) >= 11 is 5.45. The Labute approximate surface area is 175 Å². The number of benzene rings is 2. The van der Waals surface area contributed by atoms with Crippen molar-refractivity contribution in [2.75, 3.05) is 35.5 Å². The third-order valence-electron chi connectivity index (χ3n) is 4.61. The van der Waals surface area contributed by atoms with Crippen molar-refractivity contribution in [2.45, 2.75) is 6.04 Å². The molecule has 2 aromatic rings. The molecule has 1 aliphatic heterocycles. The minimum Gasteiger partial charge on any atom is -0.497 e. The zero-order valence-corrected chi connectivity index (χ0v) is 17.8. The van der Waals surface area contributed by atoms with Crippen LogP contribution in [0.1, 0.15) is 17.2 Å².